The first-order valence-electron chi connectivity index (χ1n) is 5.61. The highest BCUT2D eigenvalue weighted by atomic mass is 79.9. The van der Waals surface area contributed by atoms with Gasteiger partial charge in [0.15, 0.2) is 0 Å². The van der Waals surface area contributed by atoms with Crippen LogP contribution in [-0.2, 0) is 0 Å². The van der Waals surface area contributed by atoms with Gasteiger partial charge in [0.25, 0.3) is 5.91 Å². The smallest absolute Gasteiger partial charge is 0.252 e. The number of halogens is 1. The quantitative estimate of drug-likeness (QED) is 0.898. The molecular formula is C13H18BrNO. The molecule has 1 unspecified atom stereocenters. The van der Waals surface area contributed by atoms with Crippen LogP contribution in [0.5, 0.6) is 0 Å². The molecule has 0 aliphatic rings. The Labute approximate surface area is 106 Å². The average molecular weight is 284 g/mol. The summed E-state index contributed by atoms with van der Waals surface area (Å²) in [7, 11) is 0. The maximum Gasteiger partial charge on any atom is 0.252 e. The number of amides is 1. The molecule has 16 heavy (non-hydrogen) atoms. The molecule has 3 heteroatoms. The minimum atomic E-state index is -0.00322. The normalized spacial score (nSPS) is 12.2. The largest absolute Gasteiger partial charge is 0.350 e. The van der Waals surface area contributed by atoms with Crippen molar-refractivity contribution < 1.29 is 4.79 Å². The van der Waals surface area contributed by atoms with Crippen LogP contribution in [0.3, 0.4) is 0 Å². The predicted molar refractivity (Wildman–Crippen MR) is 70.7 cm³/mol. The molecule has 0 heterocycles. The zero-order chi connectivity index (χ0) is 12.1. The van der Waals surface area contributed by atoms with Crippen LogP contribution in [0.25, 0.3) is 0 Å². The molecule has 0 radical (unpaired) electrons. The van der Waals surface area contributed by atoms with E-state index in [1.165, 1.54) is 0 Å². The number of hydrogen-bond acceptors (Lipinski definition) is 1. The first-order chi connectivity index (χ1) is 7.54. The van der Waals surface area contributed by atoms with E-state index in [9.17, 15) is 4.79 Å². The number of benzene rings is 1. The number of nitrogens with one attached hydrogen (secondary N) is 1. The summed E-state index contributed by atoms with van der Waals surface area (Å²) in [4.78, 5) is 12.0. The molecule has 88 valence electrons. The fourth-order valence-corrected chi connectivity index (χ4v) is 2.05. The van der Waals surface area contributed by atoms with Crippen molar-refractivity contribution in [1.29, 1.82) is 0 Å². The molecule has 0 saturated heterocycles. The lowest BCUT2D eigenvalue weighted by molar-refractivity contribution is 0.0937. The molecule has 0 spiro atoms. The zero-order valence-electron chi connectivity index (χ0n) is 10.0. The van der Waals surface area contributed by atoms with Crippen LogP contribution in [0.2, 0.25) is 0 Å². The van der Waals surface area contributed by atoms with Crippen molar-refractivity contribution in [2.45, 2.75) is 39.7 Å². The summed E-state index contributed by atoms with van der Waals surface area (Å²) < 4.78 is 0.847. The lowest BCUT2D eigenvalue weighted by Gasteiger charge is -2.13. The van der Waals surface area contributed by atoms with E-state index in [1.807, 2.05) is 32.0 Å². The molecule has 2 nitrogen and oxygen atoms in total. The van der Waals surface area contributed by atoms with Gasteiger partial charge < -0.3 is 5.32 Å². The standard InChI is InChI=1S/C13H18BrNO/c1-4-5-10(3)15-13(16)11-8-9(2)6-7-12(11)14/h6-8,10H,4-5H2,1-3H3,(H,15,16). The van der Waals surface area contributed by atoms with Gasteiger partial charge in [0.1, 0.15) is 0 Å². The fourth-order valence-electron chi connectivity index (χ4n) is 1.62. The summed E-state index contributed by atoms with van der Waals surface area (Å²) in [6.07, 6.45) is 2.09. The van der Waals surface area contributed by atoms with E-state index < -0.39 is 0 Å². The van der Waals surface area contributed by atoms with E-state index >= 15 is 0 Å². The van der Waals surface area contributed by atoms with E-state index in [4.69, 9.17) is 0 Å². The predicted octanol–water partition coefficient (Wildman–Crippen LogP) is 3.68. The Morgan fingerprint density at radius 1 is 1.50 bits per heavy atom. The SMILES string of the molecule is CCCC(C)NC(=O)c1cc(C)ccc1Br. The highest BCUT2D eigenvalue weighted by Crippen LogP contribution is 2.18. The first-order valence-corrected chi connectivity index (χ1v) is 6.41. The van der Waals surface area contributed by atoms with Gasteiger partial charge in [-0.25, -0.2) is 0 Å². The van der Waals surface area contributed by atoms with Gasteiger partial charge >= 0.3 is 0 Å². The molecule has 0 saturated carbocycles. The zero-order valence-corrected chi connectivity index (χ0v) is 11.6. The van der Waals surface area contributed by atoms with Gasteiger partial charge in [0, 0.05) is 10.5 Å². The third-order valence-corrected chi connectivity index (χ3v) is 3.16. The fraction of sp³-hybridized carbons (Fsp3) is 0.462. The second-order valence-electron chi connectivity index (χ2n) is 4.15. The second kappa shape index (κ2) is 6.04. The highest BCUT2D eigenvalue weighted by molar-refractivity contribution is 9.10. The van der Waals surface area contributed by atoms with Gasteiger partial charge in [-0.2, -0.15) is 0 Å². The Bertz CT molecular complexity index is 376. The van der Waals surface area contributed by atoms with E-state index in [0.717, 1.165) is 22.9 Å². The van der Waals surface area contributed by atoms with Crippen molar-refractivity contribution in [2.75, 3.05) is 0 Å². The van der Waals surface area contributed by atoms with E-state index in [1.54, 1.807) is 0 Å². The molecule has 0 aliphatic heterocycles. The van der Waals surface area contributed by atoms with Gasteiger partial charge in [-0.05, 0) is 48.3 Å². The number of carbonyl (C=O) groups is 1. The number of carbonyl (C=O) groups excluding carboxylic acids is 1. The van der Waals surface area contributed by atoms with Crippen molar-refractivity contribution in [2.24, 2.45) is 0 Å². The van der Waals surface area contributed by atoms with Crippen LogP contribution in [0.4, 0.5) is 0 Å². The molecule has 0 aliphatic carbocycles. The Balaban J connectivity index is 2.76. The molecule has 0 fully saturated rings. The summed E-state index contributed by atoms with van der Waals surface area (Å²) in [5.74, 6) is -0.00322. The van der Waals surface area contributed by atoms with Crippen LogP contribution in [-0.4, -0.2) is 11.9 Å². The molecule has 0 aromatic heterocycles. The minimum Gasteiger partial charge on any atom is -0.350 e. The van der Waals surface area contributed by atoms with Crippen molar-refractivity contribution in [3.63, 3.8) is 0 Å². The third kappa shape index (κ3) is 3.63. The summed E-state index contributed by atoms with van der Waals surface area (Å²) in [5, 5.41) is 3.00. The molecule has 1 N–H and O–H groups in total. The minimum absolute atomic E-state index is 0.00322. The number of aryl methyl sites for hydroxylation is 1. The van der Waals surface area contributed by atoms with Crippen molar-refractivity contribution in [3.05, 3.63) is 33.8 Å². The lowest BCUT2D eigenvalue weighted by Crippen LogP contribution is -2.32. The van der Waals surface area contributed by atoms with E-state index in [0.29, 0.717) is 5.56 Å². The molecule has 1 atom stereocenters. The van der Waals surface area contributed by atoms with Gasteiger partial charge in [0.2, 0.25) is 0 Å². The highest BCUT2D eigenvalue weighted by Gasteiger charge is 2.12. The second-order valence-corrected chi connectivity index (χ2v) is 5.00. The van der Waals surface area contributed by atoms with Gasteiger partial charge in [-0.1, -0.05) is 25.0 Å². The van der Waals surface area contributed by atoms with Gasteiger partial charge in [-0.3, -0.25) is 4.79 Å². The van der Waals surface area contributed by atoms with E-state index in [-0.39, 0.29) is 11.9 Å². The summed E-state index contributed by atoms with van der Waals surface area (Å²) >= 11 is 3.40. The Kier molecular flexibility index (Phi) is 5.00. The third-order valence-electron chi connectivity index (χ3n) is 2.47. The summed E-state index contributed by atoms with van der Waals surface area (Å²) in [6, 6.07) is 6.02. The van der Waals surface area contributed by atoms with Crippen molar-refractivity contribution >= 4 is 21.8 Å². The van der Waals surface area contributed by atoms with Gasteiger partial charge in [-0.15, -0.1) is 0 Å². The van der Waals surface area contributed by atoms with Crippen LogP contribution in [0.15, 0.2) is 22.7 Å². The summed E-state index contributed by atoms with van der Waals surface area (Å²) in [6.45, 7) is 6.13. The first kappa shape index (κ1) is 13.2. The average Bonchev–Trinajstić information content (AvgIpc) is 2.21. The topological polar surface area (TPSA) is 29.1 Å². The van der Waals surface area contributed by atoms with Crippen molar-refractivity contribution in [1.82, 2.24) is 5.32 Å². The maximum absolute atomic E-state index is 12.0. The number of hydrogen-bond donors (Lipinski definition) is 1. The molecule has 1 rings (SSSR count). The summed E-state index contributed by atoms with van der Waals surface area (Å²) in [5.41, 5.74) is 1.81. The van der Waals surface area contributed by atoms with Crippen LogP contribution >= 0.6 is 15.9 Å². The number of rotatable bonds is 4. The van der Waals surface area contributed by atoms with Crippen LogP contribution < -0.4 is 5.32 Å². The Morgan fingerprint density at radius 3 is 2.81 bits per heavy atom. The maximum atomic E-state index is 12.0. The molecular weight excluding hydrogens is 266 g/mol. The molecule has 1 aromatic rings. The monoisotopic (exact) mass is 283 g/mol. The molecule has 1 amide bonds. The molecule has 0 bridgehead atoms. The van der Waals surface area contributed by atoms with Crippen LogP contribution in [0, 0.1) is 6.92 Å². The molecule has 1 aromatic carbocycles. The van der Waals surface area contributed by atoms with Crippen molar-refractivity contribution in [3.8, 4) is 0 Å². The van der Waals surface area contributed by atoms with Gasteiger partial charge in [0.05, 0.1) is 5.56 Å². The Morgan fingerprint density at radius 2 is 2.19 bits per heavy atom. The lowest BCUT2D eigenvalue weighted by atomic mass is 10.1. The van der Waals surface area contributed by atoms with E-state index in [2.05, 4.69) is 28.2 Å². The van der Waals surface area contributed by atoms with Crippen LogP contribution in [0.1, 0.15) is 42.6 Å². The Hall–Kier alpha value is -0.830.